The molecule has 82 valence electrons. The van der Waals surface area contributed by atoms with E-state index in [0.717, 1.165) is 21.9 Å². The van der Waals surface area contributed by atoms with Crippen LogP contribution in [0.15, 0.2) is 24.3 Å². The van der Waals surface area contributed by atoms with Gasteiger partial charge in [0.2, 0.25) is 0 Å². The van der Waals surface area contributed by atoms with Crippen molar-refractivity contribution >= 4 is 16.7 Å². The smallest absolute Gasteiger partial charge is 0.335 e. The van der Waals surface area contributed by atoms with Crippen molar-refractivity contribution in [3.8, 4) is 5.75 Å². The third kappa shape index (κ3) is 1.60. The molecule has 2 N–H and O–H groups in total. The maximum Gasteiger partial charge on any atom is 0.335 e. The van der Waals surface area contributed by atoms with Gasteiger partial charge < -0.3 is 10.2 Å². The zero-order chi connectivity index (χ0) is 11.9. The molecule has 0 atom stereocenters. The first-order valence-electron chi connectivity index (χ1n) is 4.96. The summed E-state index contributed by atoms with van der Waals surface area (Å²) in [6.45, 7) is 3.84. The lowest BCUT2D eigenvalue weighted by molar-refractivity contribution is 0.0696. The molecule has 0 radical (unpaired) electrons. The lowest BCUT2D eigenvalue weighted by Gasteiger charge is -2.07. The van der Waals surface area contributed by atoms with E-state index in [1.807, 2.05) is 26.0 Å². The van der Waals surface area contributed by atoms with Crippen LogP contribution in [0.4, 0.5) is 0 Å². The number of aryl methyl sites for hydroxylation is 2. The van der Waals surface area contributed by atoms with Crippen LogP contribution in [0.2, 0.25) is 0 Å². The first kappa shape index (κ1) is 10.5. The van der Waals surface area contributed by atoms with E-state index in [9.17, 15) is 9.90 Å². The number of hydrogen-bond acceptors (Lipinski definition) is 2. The Morgan fingerprint density at radius 2 is 1.81 bits per heavy atom. The van der Waals surface area contributed by atoms with Crippen molar-refractivity contribution < 1.29 is 15.0 Å². The Labute approximate surface area is 93.0 Å². The molecular weight excluding hydrogens is 204 g/mol. The highest BCUT2D eigenvalue weighted by Crippen LogP contribution is 2.30. The molecule has 3 nitrogen and oxygen atoms in total. The minimum atomic E-state index is -1.03. The molecule has 0 aliphatic heterocycles. The summed E-state index contributed by atoms with van der Waals surface area (Å²) in [6, 6.07) is 6.70. The topological polar surface area (TPSA) is 57.5 Å². The van der Waals surface area contributed by atoms with Crippen molar-refractivity contribution in [3.63, 3.8) is 0 Å². The molecule has 0 heterocycles. The van der Waals surface area contributed by atoms with Crippen LogP contribution in [-0.4, -0.2) is 16.2 Å². The van der Waals surface area contributed by atoms with Gasteiger partial charge in [0.1, 0.15) is 5.75 Å². The van der Waals surface area contributed by atoms with Crippen molar-refractivity contribution in [1.82, 2.24) is 0 Å². The predicted molar refractivity (Wildman–Crippen MR) is 62.0 cm³/mol. The molecule has 3 heteroatoms. The minimum absolute atomic E-state index is 0.0207. The van der Waals surface area contributed by atoms with Gasteiger partial charge in [-0.15, -0.1) is 0 Å². The van der Waals surface area contributed by atoms with Gasteiger partial charge in [0, 0.05) is 5.39 Å². The van der Waals surface area contributed by atoms with E-state index in [0.29, 0.717) is 0 Å². The summed E-state index contributed by atoms with van der Waals surface area (Å²) < 4.78 is 0. The zero-order valence-electron chi connectivity index (χ0n) is 9.11. The predicted octanol–water partition coefficient (Wildman–Crippen LogP) is 2.86. The Morgan fingerprint density at radius 1 is 1.12 bits per heavy atom. The number of aromatic carboxylic acids is 1. The number of fused-ring (bicyclic) bond motifs is 1. The second-order valence-corrected chi connectivity index (χ2v) is 3.98. The third-order valence-corrected chi connectivity index (χ3v) is 2.62. The molecule has 0 saturated carbocycles. The molecule has 0 saturated heterocycles. The molecule has 0 bridgehead atoms. The van der Waals surface area contributed by atoms with Crippen molar-refractivity contribution in [2.45, 2.75) is 13.8 Å². The van der Waals surface area contributed by atoms with Crippen LogP contribution in [-0.2, 0) is 0 Å². The fourth-order valence-electron chi connectivity index (χ4n) is 2.02. The second kappa shape index (κ2) is 3.52. The van der Waals surface area contributed by atoms with E-state index in [1.165, 1.54) is 6.07 Å². The molecule has 16 heavy (non-hydrogen) atoms. The highest BCUT2D eigenvalue weighted by atomic mass is 16.4. The Kier molecular flexibility index (Phi) is 2.31. The van der Waals surface area contributed by atoms with E-state index in [1.54, 1.807) is 6.07 Å². The van der Waals surface area contributed by atoms with E-state index in [4.69, 9.17) is 5.11 Å². The number of phenolic OH excluding ortho intramolecular Hbond substituents is 1. The summed E-state index contributed by atoms with van der Waals surface area (Å²) in [7, 11) is 0. The molecule has 0 spiro atoms. The SMILES string of the molecule is Cc1cc(C)c2c(O)cc(C(=O)O)cc2c1. The highest BCUT2D eigenvalue weighted by Gasteiger charge is 2.10. The zero-order valence-corrected chi connectivity index (χ0v) is 9.11. The molecular formula is C13H12O3. The van der Waals surface area contributed by atoms with E-state index in [-0.39, 0.29) is 11.3 Å². The molecule has 0 unspecified atom stereocenters. The lowest BCUT2D eigenvalue weighted by Crippen LogP contribution is -1.96. The van der Waals surface area contributed by atoms with Gasteiger partial charge in [0.25, 0.3) is 0 Å². The Morgan fingerprint density at radius 3 is 2.44 bits per heavy atom. The van der Waals surface area contributed by atoms with Crippen molar-refractivity contribution in [2.24, 2.45) is 0 Å². The largest absolute Gasteiger partial charge is 0.507 e. The summed E-state index contributed by atoms with van der Waals surface area (Å²) in [4.78, 5) is 10.9. The number of rotatable bonds is 1. The van der Waals surface area contributed by atoms with Gasteiger partial charge in [-0.25, -0.2) is 4.79 Å². The normalized spacial score (nSPS) is 10.6. The summed E-state index contributed by atoms with van der Waals surface area (Å²) in [5, 5.41) is 20.2. The molecule has 2 aromatic rings. The fraction of sp³-hybridized carbons (Fsp3) is 0.154. The maximum absolute atomic E-state index is 10.9. The molecule has 0 amide bonds. The molecule has 0 aliphatic rings. The van der Waals surface area contributed by atoms with Gasteiger partial charge in [-0.2, -0.15) is 0 Å². The lowest BCUT2D eigenvalue weighted by atomic mass is 9.99. The number of carboxylic acids is 1. The van der Waals surface area contributed by atoms with Crippen LogP contribution >= 0.6 is 0 Å². The molecule has 0 aliphatic carbocycles. The number of hydrogen-bond donors (Lipinski definition) is 2. The Bertz CT molecular complexity index is 585. The Balaban J connectivity index is 2.87. The summed E-state index contributed by atoms with van der Waals surface area (Å²) in [5.41, 5.74) is 2.10. The average molecular weight is 216 g/mol. The monoisotopic (exact) mass is 216 g/mol. The second-order valence-electron chi connectivity index (χ2n) is 3.98. The van der Waals surface area contributed by atoms with Crippen molar-refractivity contribution in [1.29, 1.82) is 0 Å². The van der Waals surface area contributed by atoms with Crippen molar-refractivity contribution in [2.75, 3.05) is 0 Å². The van der Waals surface area contributed by atoms with E-state index < -0.39 is 5.97 Å². The molecule has 2 aromatic carbocycles. The van der Waals surface area contributed by atoms with Crippen molar-refractivity contribution in [3.05, 3.63) is 41.0 Å². The van der Waals surface area contributed by atoms with Crippen LogP contribution in [0.3, 0.4) is 0 Å². The minimum Gasteiger partial charge on any atom is -0.507 e. The number of benzene rings is 2. The Hall–Kier alpha value is -2.03. The molecule has 2 rings (SSSR count). The standard InChI is InChI=1S/C13H12O3/c1-7-3-8(2)12-9(4-7)5-10(13(15)16)6-11(12)14/h3-6,14H,1-2H3,(H,15,16). The summed E-state index contributed by atoms with van der Waals surface area (Å²) >= 11 is 0. The number of carbonyl (C=O) groups is 1. The van der Waals surface area contributed by atoms with Crippen LogP contribution in [0.5, 0.6) is 5.75 Å². The number of carboxylic acid groups (broad SMARTS) is 1. The van der Waals surface area contributed by atoms with Gasteiger partial charge in [-0.1, -0.05) is 17.7 Å². The van der Waals surface area contributed by atoms with Gasteiger partial charge >= 0.3 is 5.97 Å². The van der Waals surface area contributed by atoms with E-state index >= 15 is 0 Å². The molecule has 0 aromatic heterocycles. The fourth-order valence-corrected chi connectivity index (χ4v) is 2.02. The summed E-state index contributed by atoms with van der Waals surface area (Å²) in [6.07, 6.45) is 0. The first-order chi connectivity index (χ1) is 7.49. The number of aromatic hydroxyl groups is 1. The van der Waals surface area contributed by atoms with Crippen LogP contribution in [0, 0.1) is 13.8 Å². The third-order valence-electron chi connectivity index (χ3n) is 2.62. The van der Waals surface area contributed by atoms with E-state index in [2.05, 4.69) is 0 Å². The van der Waals surface area contributed by atoms with Gasteiger partial charge in [0.15, 0.2) is 0 Å². The first-order valence-corrected chi connectivity index (χ1v) is 4.96. The van der Waals surface area contributed by atoms with Gasteiger partial charge in [0.05, 0.1) is 5.56 Å². The molecule has 0 fully saturated rings. The van der Waals surface area contributed by atoms with Crippen LogP contribution in [0.1, 0.15) is 21.5 Å². The number of phenols is 1. The van der Waals surface area contributed by atoms with Gasteiger partial charge in [-0.3, -0.25) is 0 Å². The van der Waals surface area contributed by atoms with Gasteiger partial charge in [-0.05, 0) is 36.9 Å². The van der Waals surface area contributed by atoms with Crippen LogP contribution < -0.4 is 0 Å². The summed E-state index contributed by atoms with van der Waals surface area (Å²) in [5.74, 6) is -1.01. The quantitative estimate of drug-likeness (QED) is 0.770. The maximum atomic E-state index is 10.9. The highest BCUT2D eigenvalue weighted by molar-refractivity contribution is 5.99. The van der Waals surface area contributed by atoms with Crippen LogP contribution in [0.25, 0.3) is 10.8 Å². The average Bonchev–Trinajstić information content (AvgIpc) is 2.15.